The summed E-state index contributed by atoms with van der Waals surface area (Å²) in [5, 5.41) is 70.5. The zero-order chi connectivity index (χ0) is 95.6. The summed E-state index contributed by atoms with van der Waals surface area (Å²) in [6, 6.07) is 26.7. The molecule has 6 saturated heterocycles. The predicted molar refractivity (Wildman–Crippen MR) is 499 cm³/mol. The van der Waals surface area contributed by atoms with Crippen LogP contribution < -0.4 is 72.2 Å². The van der Waals surface area contributed by atoms with E-state index in [-0.39, 0.29) is 88.3 Å². The van der Waals surface area contributed by atoms with E-state index >= 15 is 0 Å². The van der Waals surface area contributed by atoms with Crippen molar-refractivity contribution < 1.29 is 67.6 Å². The summed E-state index contributed by atoms with van der Waals surface area (Å²) < 4.78 is 35.9. The van der Waals surface area contributed by atoms with E-state index in [1.54, 1.807) is 85.1 Å². The van der Waals surface area contributed by atoms with Gasteiger partial charge in [0.05, 0.1) is 93.2 Å². The number of carbonyl (C=O) groups excluding carboxylic acids is 3. The Balaban J connectivity index is 0.000000151. The maximum atomic E-state index is 12.6. The van der Waals surface area contributed by atoms with Crippen LogP contribution in [0.5, 0.6) is 0 Å². The number of rotatable bonds is 17. The van der Waals surface area contributed by atoms with E-state index in [2.05, 4.69) is 179 Å². The number of primary amides is 1. The molecule has 9 aromatic heterocycles. The maximum absolute atomic E-state index is 12.6. The van der Waals surface area contributed by atoms with Gasteiger partial charge in [-0.15, -0.1) is 4.90 Å². The van der Waals surface area contributed by atoms with E-state index < -0.39 is 23.2 Å². The number of halogens is 1. The first-order valence-corrected chi connectivity index (χ1v) is 45.5. The third-order valence-corrected chi connectivity index (χ3v) is 26.8. The van der Waals surface area contributed by atoms with Gasteiger partial charge in [0, 0.05) is 166 Å². The molecule has 18 rings (SSSR count). The van der Waals surface area contributed by atoms with Crippen LogP contribution in [-0.2, 0) is 36.3 Å². The van der Waals surface area contributed by atoms with Crippen LogP contribution in [0.3, 0.4) is 0 Å². The van der Waals surface area contributed by atoms with E-state index in [9.17, 15) is 19.6 Å². The monoisotopic (exact) mass is 1970 g/mol. The number of nitrogens with two attached hydrogens (primary N) is 3. The number of alkyl carbamates (subject to hydrolysis) is 2. The second-order valence-electron chi connectivity index (χ2n) is 34.2. The fourth-order valence-electron chi connectivity index (χ4n) is 17.2. The summed E-state index contributed by atoms with van der Waals surface area (Å²) in [6.07, 6.45) is 26.4. The second-order valence-corrected chi connectivity index (χ2v) is 37.6. The minimum Gasteiger partial charge on any atom is -0.775 e. The number of nitriles is 2. The van der Waals surface area contributed by atoms with Crippen molar-refractivity contribution in [2.24, 2.45) is 112 Å². The molecule has 6 atom stereocenters. The van der Waals surface area contributed by atoms with E-state index in [0.29, 0.717) is 45.8 Å². The Morgan fingerprint density at radius 3 is 1.30 bits per heavy atom. The Labute approximate surface area is 823 Å². The fourth-order valence-corrected chi connectivity index (χ4v) is 19.8. The number of aromatic nitrogens is 12. The number of hydrogen-bond donors (Lipinski definition) is 6. The van der Waals surface area contributed by atoms with Gasteiger partial charge in [0.25, 0.3) is 5.91 Å². The van der Waals surface area contributed by atoms with Gasteiger partial charge >= 0.3 is 41.7 Å². The first-order valence-electron chi connectivity index (χ1n) is 42.7. The third kappa shape index (κ3) is 23.5. The molecule has 6 aliphatic heterocycles. The van der Waals surface area contributed by atoms with Gasteiger partial charge in [0.2, 0.25) is 17.8 Å². The molecule has 0 bridgehead atoms. The van der Waals surface area contributed by atoms with E-state index in [1.165, 1.54) is 0 Å². The molecule has 3 aromatic carbocycles. The quantitative estimate of drug-likeness (QED) is 0.0162. The molecular weight excluding hydrogens is 1880 g/mol. The van der Waals surface area contributed by atoms with Crippen LogP contribution in [0.15, 0.2) is 254 Å². The number of pyridine rings is 3. The number of hydrogen-bond acceptors (Lipinski definition) is 28. The minimum atomic E-state index is -0.556. The summed E-state index contributed by atoms with van der Waals surface area (Å²) in [5.41, 5.74) is 23.0. The standard InChI is InChI=1S/C30H33N7O3S.C25H27N7O2S.C20H29N5O3S.C10H5BrN2.H3N17.Na/c1-19-25(35-28(38)40-29(2,3)4)30(18-39-19)9-13-36(14-10-30)27-34-17-23(26-33-12-15-37(26)27)41-22-8-11-32-24-20(16-31)6-5-7-21(22)24;1-15-21(26)25(14-34-15)6-10-31(11-7-25)24-30-13-19(23-29-9-12-32(23)24)35-18-5-8-28-20-16(18)3-2-4-17(20)22(27)33;1-13-15(23-18(26)28-19(2,3)4)20(12-27-13)5-8-24(9-6-20)17-22-11-14(29)16-21-7-10-25(16)17;11-9-4-5-13-10-7(6-12)2-1-3-8(9)10;1-3-5-7-9-11-13-15-17-16-14-12-10-8-6-4-2;/h5-8,11-12,15,17,19,25H,9-10,13-14,18H2,1-4H3,(H,35,38);2-5,8-9,12-13,15,21H,6-7,10-11,14,26H2,1H3,(H2,27,33);7,10-11,13,15,29H,5-6,8-9,12H2,1-4H3,(H,23,26);1-5H;(H3,1,2,5,6,9,10,13,14,17);/q;;;;;+1/p-1/t19-,25+;15-,21+;13-,15+;;;/m000.../s1. The average Bonchev–Trinajstić information content (AvgIpc) is 1.48. The predicted octanol–water partition coefficient (Wildman–Crippen LogP) is 12.9. The Kier molecular flexibility index (Phi) is 33.3. The number of imidazole rings is 3. The minimum absolute atomic E-state index is 0. The summed E-state index contributed by atoms with van der Waals surface area (Å²) in [7, 11) is 0. The number of ether oxygens (including phenoxy) is 5. The van der Waals surface area contributed by atoms with E-state index in [1.807, 2.05) is 154 Å². The topological polar surface area (TPSA) is 595 Å². The Bertz CT molecular complexity index is 6610. The molecule has 136 heavy (non-hydrogen) atoms. The molecule has 51 heteroatoms. The molecule has 700 valence electrons. The molecule has 0 saturated carbocycles. The van der Waals surface area contributed by atoms with Crippen molar-refractivity contribution in [1.29, 1.82) is 16.1 Å². The van der Waals surface area contributed by atoms with Crippen LogP contribution in [0.4, 0.5) is 27.4 Å². The second kappa shape index (κ2) is 45.1. The van der Waals surface area contributed by atoms with Crippen molar-refractivity contribution in [1.82, 2.24) is 68.7 Å². The summed E-state index contributed by atoms with van der Waals surface area (Å²) >= 11 is 11.9. The fraction of sp³-hybridized carbons (Fsp3) is 0.412. The molecule has 12 aromatic rings. The number of fused-ring (bicyclic) bond motifs is 6. The largest absolute Gasteiger partial charge is 1.00 e. The van der Waals surface area contributed by atoms with Gasteiger partial charge in [-0.1, -0.05) is 81.1 Å². The summed E-state index contributed by atoms with van der Waals surface area (Å²) in [6.45, 7) is 24.3. The zero-order valence-electron chi connectivity index (χ0n) is 75.8. The first-order chi connectivity index (χ1) is 65.1. The molecule has 6 aliphatic rings. The Morgan fingerprint density at radius 2 is 0.875 bits per heavy atom. The summed E-state index contributed by atoms with van der Waals surface area (Å²) in [5.74, 6) is 6.66. The van der Waals surface area contributed by atoms with E-state index in [4.69, 9.17) is 68.5 Å². The number of amides is 3. The van der Waals surface area contributed by atoms with Gasteiger partial charge in [0.1, 0.15) is 29.0 Å². The normalized spacial score (nSPS) is 19.6. The number of nitrogens with one attached hydrogen (secondary N) is 3. The first kappa shape index (κ1) is 100. The molecule has 46 nitrogen and oxygen atoms in total. The third-order valence-electron chi connectivity index (χ3n) is 23.7. The zero-order valence-corrected chi connectivity index (χ0v) is 81.9. The van der Waals surface area contributed by atoms with Crippen LogP contribution >= 0.6 is 39.5 Å². The maximum Gasteiger partial charge on any atom is 1.00 e. The van der Waals surface area contributed by atoms with Crippen LogP contribution in [0.25, 0.3) is 49.7 Å². The molecule has 9 N–H and O–H groups in total. The van der Waals surface area contributed by atoms with Gasteiger partial charge in [-0.3, -0.25) is 32.9 Å². The van der Waals surface area contributed by atoms with Crippen molar-refractivity contribution in [2.45, 2.75) is 173 Å². The van der Waals surface area contributed by atoms with Crippen LogP contribution in [0, 0.1) is 44.4 Å². The van der Waals surface area contributed by atoms with E-state index in [0.717, 1.165) is 165 Å². The molecule has 3 spiro atoms. The number of benzene rings is 3. The molecule has 0 unspecified atom stereocenters. The Hall–Kier alpha value is -13.0. The van der Waals surface area contributed by atoms with Crippen molar-refractivity contribution in [3.8, 4) is 12.1 Å². The van der Waals surface area contributed by atoms with Crippen molar-refractivity contribution >= 4 is 138 Å². The SMILES string of the molecule is C[C@@H]1OCC2(CCN(c3ncc(Sc4ccnc5c(C#N)cccc45)c4nccn34)CC2)[C@@H]1NC(=O)OC(C)(C)C.C[C@@H]1OCC2(CCN(c3ncc(Sc4ccnc5c(C(N)=O)cccc45)c4nccn34)CC2)[C@@H]1N.C[C@@H]1OCC2(CCN(c3ncc([S-])c4nccn34)CC2)[C@@H]1NC(=O)OC(C)(C)C.N#Cc1cccc2c(Br)ccnc12.N=N/N=N/N=N/N=N/N=N/N=N/N=N/N=N/N.[Na+]. The number of piperidine rings is 3. The van der Waals surface area contributed by atoms with Crippen LogP contribution in [-0.4, -0.2) is 183 Å². The Morgan fingerprint density at radius 1 is 0.500 bits per heavy atom. The number of carbonyl (C=O) groups is 3. The molecule has 3 amide bonds. The van der Waals surface area contributed by atoms with Crippen LogP contribution in [0.1, 0.15) is 122 Å². The number of nitrogens with zero attached hydrogens (tertiary/aromatic N) is 32. The van der Waals surface area contributed by atoms with Gasteiger partial charge in [-0.2, -0.15) is 16.1 Å². The van der Waals surface area contributed by atoms with Gasteiger partial charge in [-0.25, -0.2) is 39.5 Å². The molecule has 0 aliphatic carbocycles. The smallest absolute Gasteiger partial charge is 0.775 e. The van der Waals surface area contributed by atoms with Crippen LogP contribution in [0.2, 0.25) is 0 Å². The molecule has 6 fully saturated rings. The van der Waals surface area contributed by atoms with Gasteiger partial charge in [-0.05, 0) is 210 Å². The number of para-hydroxylation sites is 3. The average molecular weight is 1980 g/mol. The number of anilines is 3. The molecule has 0 radical (unpaired) electrons. The summed E-state index contributed by atoms with van der Waals surface area (Å²) in [4.78, 5) is 89.1. The van der Waals surface area contributed by atoms with Crippen molar-refractivity contribution in [3.05, 3.63) is 168 Å². The van der Waals surface area contributed by atoms with Gasteiger partial charge < -0.3 is 79.0 Å². The van der Waals surface area contributed by atoms with Gasteiger partial charge in [0.15, 0.2) is 11.3 Å². The van der Waals surface area contributed by atoms with Crippen molar-refractivity contribution in [2.75, 3.05) is 73.8 Å². The van der Waals surface area contributed by atoms with Crippen molar-refractivity contribution in [3.63, 3.8) is 0 Å². The molecular formula is C85H96BrN38NaO8S3. The molecule has 15 heterocycles.